The van der Waals surface area contributed by atoms with Crippen molar-refractivity contribution < 1.29 is 58.2 Å². The van der Waals surface area contributed by atoms with E-state index in [2.05, 4.69) is 17.3 Å². The van der Waals surface area contributed by atoms with Crippen LogP contribution in [0.25, 0.3) is 5.32 Å². The Balaban J connectivity index is 0.000000720. The first-order chi connectivity index (χ1) is 5.31. The van der Waals surface area contributed by atoms with Crippen LogP contribution in [0, 0.1) is 5.41 Å². The fraction of sp³-hybridized carbons (Fsp3) is 1.00. The Kier molecular flexibility index (Phi) is 4.91. The van der Waals surface area contributed by atoms with E-state index in [1.165, 1.54) is 32.4 Å². The average Bonchev–Trinajstić information content (AvgIpc) is 2.34. The third-order valence-corrected chi connectivity index (χ3v) is 3.10. The number of hydrogen-bond donors (Lipinski definition) is 0. The van der Waals surface area contributed by atoms with Crippen molar-refractivity contribution in [2.75, 3.05) is 33.2 Å². The van der Waals surface area contributed by atoms with Crippen molar-refractivity contribution in [3.05, 3.63) is 5.32 Å². The van der Waals surface area contributed by atoms with Crippen molar-refractivity contribution in [1.82, 2.24) is 4.90 Å². The Labute approximate surface area is 124 Å². The monoisotopic (exact) mass is 238 g/mol. The second-order valence-electron chi connectivity index (χ2n) is 4.20. The van der Waals surface area contributed by atoms with Crippen LogP contribution in [0.2, 0.25) is 0 Å². The maximum absolute atomic E-state index is 4.52. The van der Waals surface area contributed by atoms with Crippen molar-refractivity contribution in [3.63, 3.8) is 0 Å². The number of piperidine rings is 1. The van der Waals surface area contributed by atoms with Crippen LogP contribution in [0.5, 0.6) is 0 Å². The molecule has 0 aromatic carbocycles. The molecule has 0 N–H and O–H groups in total. The van der Waals surface area contributed by atoms with Gasteiger partial charge in [0.25, 0.3) is 0 Å². The molecule has 2 aliphatic heterocycles. The molecule has 1 atom stereocenters. The van der Waals surface area contributed by atoms with E-state index in [1.54, 1.807) is 0 Å². The van der Waals surface area contributed by atoms with Gasteiger partial charge in [-0.25, -0.2) is 0 Å². The van der Waals surface area contributed by atoms with Crippen LogP contribution in [0.1, 0.15) is 19.3 Å². The Morgan fingerprint density at radius 1 is 1.33 bits per heavy atom. The molecule has 3 heteroatoms. The molecule has 0 aromatic heterocycles. The van der Waals surface area contributed by atoms with Crippen LogP contribution in [-0.2, 0) is 0 Å². The second-order valence-corrected chi connectivity index (χ2v) is 4.20. The summed E-state index contributed by atoms with van der Waals surface area (Å²) >= 11 is 0. The number of likely N-dealkylation sites (tertiary alicyclic amines) is 1. The Bertz CT molecular complexity index is 138. The zero-order chi connectivity index (χ0) is 7.73. The molecule has 64 valence electrons. The van der Waals surface area contributed by atoms with E-state index >= 15 is 0 Å². The molecule has 1 unspecified atom stereocenters. The molecule has 0 amide bonds. The van der Waals surface area contributed by atoms with Gasteiger partial charge >= 0.3 is 58.2 Å². The fourth-order valence-corrected chi connectivity index (χ4v) is 2.45. The van der Waals surface area contributed by atoms with Crippen molar-refractivity contribution in [2.24, 2.45) is 5.41 Å². The van der Waals surface area contributed by atoms with Crippen molar-refractivity contribution in [3.8, 4) is 0 Å². The number of hydrogen-bond acceptors (Lipinski definition) is 1. The molecule has 0 saturated carbocycles. The topological polar surface area (TPSA) is 17.3 Å². The van der Waals surface area contributed by atoms with Crippen molar-refractivity contribution >= 4 is 0 Å². The molecule has 2 saturated heterocycles. The molecule has 2 heterocycles. The van der Waals surface area contributed by atoms with Gasteiger partial charge in [-0.15, -0.1) is 13.1 Å². The molecular formula is C9H17N2Rb. The van der Waals surface area contributed by atoms with Gasteiger partial charge in [0.2, 0.25) is 0 Å². The van der Waals surface area contributed by atoms with Crippen molar-refractivity contribution in [2.45, 2.75) is 19.3 Å². The van der Waals surface area contributed by atoms with Gasteiger partial charge in [0.15, 0.2) is 0 Å². The zero-order valence-electron chi connectivity index (χ0n) is 8.34. The standard InChI is InChI=1S/C9H17N2.Rb/c1-11-6-4-9(8-11)3-2-5-10-7-9;/h2-8H2,1H3;/q-1;+1. The second kappa shape index (κ2) is 4.99. The molecular weight excluding hydrogens is 222 g/mol. The molecule has 2 nitrogen and oxygen atoms in total. The van der Waals surface area contributed by atoms with E-state index in [4.69, 9.17) is 0 Å². The van der Waals surface area contributed by atoms with Crippen LogP contribution in [0.15, 0.2) is 0 Å². The third-order valence-electron chi connectivity index (χ3n) is 3.10. The Hall–Kier alpha value is 1.73. The minimum absolute atomic E-state index is 0. The quantitative estimate of drug-likeness (QED) is 0.501. The first kappa shape index (κ1) is 11.8. The van der Waals surface area contributed by atoms with E-state index in [0.717, 1.165) is 13.1 Å². The fourth-order valence-electron chi connectivity index (χ4n) is 2.45. The molecule has 2 aliphatic rings. The predicted octanol–water partition coefficient (Wildman–Crippen LogP) is -1.52. The van der Waals surface area contributed by atoms with Gasteiger partial charge in [0.1, 0.15) is 0 Å². The van der Waals surface area contributed by atoms with Crippen LogP contribution in [-0.4, -0.2) is 38.1 Å². The summed E-state index contributed by atoms with van der Waals surface area (Å²) in [5, 5.41) is 4.52. The third kappa shape index (κ3) is 2.61. The van der Waals surface area contributed by atoms with E-state index in [0.29, 0.717) is 5.41 Å². The zero-order valence-corrected chi connectivity index (χ0v) is 13.3. The van der Waals surface area contributed by atoms with E-state index in [-0.39, 0.29) is 58.2 Å². The van der Waals surface area contributed by atoms with Gasteiger partial charge in [0.05, 0.1) is 0 Å². The number of rotatable bonds is 0. The number of nitrogens with zero attached hydrogens (tertiary/aromatic N) is 2. The predicted molar refractivity (Wildman–Crippen MR) is 46.9 cm³/mol. The molecule has 0 aromatic rings. The largest absolute Gasteiger partial charge is 1.00 e. The summed E-state index contributed by atoms with van der Waals surface area (Å²) in [4.78, 5) is 2.45. The smallest absolute Gasteiger partial charge is 0.662 e. The molecule has 0 aliphatic carbocycles. The maximum atomic E-state index is 4.52. The normalized spacial score (nSPS) is 36.8. The van der Waals surface area contributed by atoms with Crippen LogP contribution in [0.3, 0.4) is 0 Å². The summed E-state index contributed by atoms with van der Waals surface area (Å²) in [6.45, 7) is 4.83. The summed E-state index contributed by atoms with van der Waals surface area (Å²) in [5.41, 5.74) is 0.604. The van der Waals surface area contributed by atoms with Crippen molar-refractivity contribution in [1.29, 1.82) is 0 Å². The van der Waals surface area contributed by atoms with E-state index in [9.17, 15) is 0 Å². The van der Waals surface area contributed by atoms with Crippen LogP contribution >= 0.6 is 0 Å². The molecule has 0 radical (unpaired) electrons. The average molecular weight is 239 g/mol. The summed E-state index contributed by atoms with van der Waals surface area (Å²) in [6.07, 6.45) is 4.13. The first-order valence-electron chi connectivity index (χ1n) is 4.63. The van der Waals surface area contributed by atoms with Gasteiger partial charge in [0, 0.05) is 6.54 Å². The minimum Gasteiger partial charge on any atom is -0.662 e. The van der Waals surface area contributed by atoms with Gasteiger partial charge in [-0.3, -0.25) is 0 Å². The van der Waals surface area contributed by atoms with Crippen LogP contribution in [0.4, 0.5) is 0 Å². The molecule has 12 heavy (non-hydrogen) atoms. The maximum Gasteiger partial charge on any atom is 1.00 e. The Morgan fingerprint density at radius 3 is 2.67 bits per heavy atom. The molecule has 0 bridgehead atoms. The van der Waals surface area contributed by atoms with Crippen LogP contribution < -0.4 is 58.2 Å². The van der Waals surface area contributed by atoms with Gasteiger partial charge in [-0.05, 0) is 31.8 Å². The minimum atomic E-state index is 0. The summed E-state index contributed by atoms with van der Waals surface area (Å²) < 4.78 is 0. The van der Waals surface area contributed by atoms with E-state index in [1.807, 2.05) is 0 Å². The van der Waals surface area contributed by atoms with Gasteiger partial charge in [-0.1, -0.05) is 6.42 Å². The van der Waals surface area contributed by atoms with E-state index < -0.39 is 0 Å². The summed E-state index contributed by atoms with van der Waals surface area (Å²) in [6, 6.07) is 0. The molecule has 2 rings (SSSR count). The van der Waals surface area contributed by atoms with Gasteiger partial charge < -0.3 is 10.2 Å². The Morgan fingerprint density at radius 2 is 2.17 bits per heavy atom. The molecule has 1 spiro atoms. The SMILES string of the molecule is CN1CCC2(CCC[N-]C2)C1.[Rb+]. The summed E-state index contributed by atoms with van der Waals surface area (Å²) in [7, 11) is 2.23. The molecule has 2 fully saturated rings. The van der Waals surface area contributed by atoms with Gasteiger partial charge in [-0.2, -0.15) is 0 Å². The summed E-state index contributed by atoms with van der Waals surface area (Å²) in [5.74, 6) is 0. The first-order valence-corrected chi connectivity index (χ1v) is 4.63.